The summed E-state index contributed by atoms with van der Waals surface area (Å²) in [5.41, 5.74) is 0.536. The molecule has 17 heavy (non-hydrogen) atoms. The van der Waals surface area contributed by atoms with E-state index in [9.17, 15) is 9.18 Å². The summed E-state index contributed by atoms with van der Waals surface area (Å²) >= 11 is 1.30. The molecule has 1 aromatic rings. The van der Waals surface area contributed by atoms with Crippen LogP contribution in [0.4, 0.5) is 14.9 Å². The predicted molar refractivity (Wildman–Crippen MR) is 66.5 cm³/mol. The Morgan fingerprint density at radius 1 is 1.24 bits per heavy atom. The van der Waals surface area contributed by atoms with Crippen LogP contribution in [-0.4, -0.2) is 6.03 Å². The van der Waals surface area contributed by atoms with E-state index in [2.05, 4.69) is 15.4 Å². The topological polar surface area (TPSA) is 53.2 Å². The van der Waals surface area contributed by atoms with E-state index in [1.807, 2.05) is 0 Å². The van der Waals surface area contributed by atoms with Crippen molar-refractivity contribution in [1.29, 1.82) is 0 Å². The molecule has 0 fully saturated rings. The van der Waals surface area contributed by atoms with E-state index in [1.165, 1.54) is 36.2 Å². The van der Waals surface area contributed by atoms with E-state index in [0.29, 0.717) is 10.7 Å². The van der Waals surface area contributed by atoms with E-state index in [0.717, 1.165) is 0 Å². The fraction of sp³-hybridized carbons (Fsp3) is 0. The van der Waals surface area contributed by atoms with Gasteiger partial charge in [-0.15, -0.1) is 0 Å². The standard InChI is InChI=1S/C11H10FN3OS/c12-8-3-5-9(6-4-8)14-11(16)15-10-2-1-7-13-17-10/h1-7,13H,(H2,14,15,16). The minimum Gasteiger partial charge on any atom is -0.331 e. The van der Waals surface area contributed by atoms with Gasteiger partial charge in [0.05, 0.1) is 5.03 Å². The first-order valence-corrected chi connectivity index (χ1v) is 5.68. The number of amides is 2. The molecule has 2 rings (SSSR count). The first-order valence-electron chi connectivity index (χ1n) is 4.87. The normalized spacial score (nSPS) is 13.6. The number of anilines is 1. The molecule has 0 radical (unpaired) electrons. The highest BCUT2D eigenvalue weighted by molar-refractivity contribution is 8.01. The van der Waals surface area contributed by atoms with E-state index >= 15 is 0 Å². The van der Waals surface area contributed by atoms with Gasteiger partial charge in [-0.1, -0.05) is 0 Å². The molecule has 0 atom stereocenters. The SMILES string of the molecule is O=C(NC1=CC=CNS1)Nc1ccc(F)cc1. The highest BCUT2D eigenvalue weighted by atomic mass is 32.2. The van der Waals surface area contributed by atoms with Crippen LogP contribution in [0.3, 0.4) is 0 Å². The first-order chi connectivity index (χ1) is 8.24. The summed E-state index contributed by atoms with van der Waals surface area (Å²) < 4.78 is 15.5. The maximum atomic E-state index is 12.6. The van der Waals surface area contributed by atoms with Crippen molar-refractivity contribution in [2.75, 3.05) is 5.32 Å². The van der Waals surface area contributed by atoms with Crippen LogP contribution in [0.5, 0.6) is 0 Å². The maximum Gasteiger partial charge on any atom is 0.324 e. The molecule has 4 nitrogen and oxygen atoms in total. The van der Waals surface area contributed by atoms with Gasteiger partial charge in [-0.05, 0) is 36.4 Å². The van der Waals surface area contributed by atoms with Gasteiger partial charge in [0.25, 0.3) is 0 Å². The third-order valence-electron chi connectivity index (χ3n) is 1.92. The van der Waals surface area contributed by atoms with Gasteiger partial charge in [0.15, 0.2) is 0 Å². The second kappa shape index (κ2) is 5.40. The van der Waals surface area contributed by atoms with Crippen molar-refractivity contribution >= 4 is 23.7 Å². The number of allylic oxidation sites excluding steroid dienone is 2. The van der Waals surface area contributed by atoms with Crippen LogP contribution < -0.4 is 15.4 Å². The molecular weight excluding hydrogens is 241 g/mol. The molecule has 2 amide bonds. The smallest absolute Gasteiger partial charge is 0.324 e. The van der Waals surface area contributed by atoms with Crippen LogP contribution in [0.25, 0.3) is 0 Å². The summed E-state index contributed by atoms with van der Waals surface area (Å²) in [7, 11) is 0. The van der Waals surface area contributed by atoms with Crippen molar-refractivity contribution in [1.82, 2.24) is 10.0 Å². The zero-order valence-corrected chi connectivity index (χ0v) is 9.55. The predicted octanol–water partition coefficient (Wildman–Crippen LogP) is 2.55. The lowest BCUT2D eigenvalue weighted by Crippen LogP contribution is -2.28. The molecule has 0 saturated heterocycles. The van der Waals surface area contributed by atoms with Crippen LogP contribution in [0.1, 0.15) is 0 Å². The van der Waals surface area contributed by atoms with Crippen molar-refractivity contribution in [2.24, 2.45) is 0 Å². The monoisotopic (exact) mass is 251 g/mol. The van der Waals surface area contributed by atoms with Crippen LogP contribution in [0, 0.1) is 5.82 Å². The summed E-state index contributed by atoms with van der Waals surface area (Å²) in [5, 5.41) is 5.93. The van der Waals surface area contributed by atoms with E-state index in [1.54, 1.807) is 18.4 Å². The number of urea groups is 1. The lowest BCUT2D eigenvalue weighted by Gasteiger charge is -2.11. The van der Waals surface area contributed by atoms with Crippen molar-refractivity contribution in [3.05, 3.63) is 53.5 Å². The minimum absolute atomic E-state index is 0.337. The Hall–Kier alpha value is -1.95. The van der Waals surface area contributed by atoms with Crippen molar-refractivity contribution in [2.45, 2.75) is 0 Å². The summed E-state index contributed by atoms with van der Waals surface area (Å²) in [4.78, 5) is 11.5. The zero-order chi connectivity index (χ0) is 12.1. The highest BCUT2D eigenvalue weighted by Gasteiger charge is 2.06. The van der Waals surface area contributed by atoms with Crippen LogP contribution in [0.2, 0.25) is 0 Å². The quantitative estimate of drug-likeness (QED) is 0.708. The summed E-state index contributed by atoms with van der Waals surface area (Å²) in [6.07, 6.45) is 5.31. The van der Waals surface area contributed by atoms with Crippen molar-refractivity contribution in [3.63, 3.8) is 0 Å². The molecule has 3 N–H and O–H groups in total. The molecule has 0 aliphatic carbocycles. The molecule has 1 heterocycles. The van der Waals surface area contributed by atoms with Crippen LogP contribution in [0.15, 0.2) is 47.6 Å². The number of nitrogens with one attached hydrogen (secondary N) is 3. The molecule has 0 aromatic heterocycles. The summed E-state index contributed by atoms with van der Waals surface area (Å²) in [5.74, 6) is -0.337. The van der Waals surface area contributed by atoms with Gasteiger partial charge in [-0.3, -0.25) is 0 Å². The number of halogens is 1. The molecule has 0 bridgehead atoms. The Morgan fingerprint density at radius 2 is 2.00 bits per heavy atom. The van der Waals surface area contributed by atoms with Gasteiger partial charge in [-0.25, -0.2) is 9.18 Å². The van der Waals surface area contributed by atoms with E-state index < -0.39 is 0 Å². The lowest BCUT2D eigenvalue weighted by atomic mass is 10.3. The third kappa shape index (κ3) is 3.53. The van der Waals surface area contributed by atoms with Crippen LogP contribution >= 0.6 is 11.9 Å². The third-order valence-corrected chi connectivity index (χ3v) is 2.63. The van der Waals surface area contributed by atoms with Gasteiger partial charge < -0.3 is 15.4 Å². The van der Waals surface area contributed by atoms with Gasteiger partial charge in [-0.2, -0.15) is 0 Å². The molecule has 88 valence electrons. The van der Waals surface area contributed by atoms with Gasteiger partial charge in [0, 0.05) is 23.8 Å². The van der Waals surface area contributed by atoms with E-state index in [4.69, 9.17) is 0 Å². The first kappa shape index (κ1) is 11.5. The molecular formula is C11H10FN3OS. The molecule has 0 spiro atoms. The maximum absolute atomic E-state index is 12.6. The second-order valence-electron chi connectivity index (χ2n) is 3.20. The van der Waals surface area contributed by atoms with Gasteiger partial charge in [0.1, 0.15) is 5.82 Å². The average Bonchev–Trinajstić information content (AvgIpc) is 2.33. The largest absolute Gasteiger partial charge is 0.331 e. The van der Waals surface area contributed by atoms with Crippen LogP contribution in [-0.2, 0) is 0 Å². The summed E-state index contributed by atoms with van der Waals surface area (Å²) in [6.45, 7) is 0. The Balaban J connectivity index is 1.91. The minimum atomic E-state index is -0.368. The molecule has 1 aromatic carbocycles. The number of carbonyl (C=O) groups is 1. The van der Waals surface area contributed by atoms with Gasteiger partial charge >= 0.3 is 6.03 Å². The fourth-order valence-corrected chi connectivity index (χ4v) is 1.74. The van der Waals surface area contributed by atoms with Crippen molar-refractivity contribution in [3.8, 4) is 0 Å². The van der Waals surface area contributed by atoms with Gasteiger partial charge in [0.2, 0.25) is 0 Å². The van der Waals surface area contributed by atoms with Crippen molar-refractivity contribution < 1.29 is 9.18 Å². The molecule has 1 aliphatic heterocycles. The van der Waals surface area contributed by atoms with E-state index in [-0.39, 0.29) is 11.8 Å². The number of hydrogen-bond acceptors (Lipinski definition) is 3. The number of benzene rings is 1. The molecule has 1 aliphatic rings. The number of carbonyl (C=O) groups excluding carboxylic acids is 1. The average molecular weight is 251 g/mol. The second-order valence-corrected chi connectivity index (χ2v) is 4.08. The summed E-state index contributed by atoms with van der Waals surface area (Å²) in [6, 6.07) is 5.20. The lowest BCUT2D eigenvalue weighted by molar-refractivity contribution is 0.255. The Kier molecular flexibility index (Phi) is 3.66. The molecule has 6 heteroatoms. The zero-order valence-electron chi connectivity index (χ0n) is 8.74. The Bertz CT molecular complexity index is 470. The number of hydrogen-bond donors (Lipinski definition) is 3. The Labute approximate surface area is 102 Å². The fourth-order valence-electron chi connectivity index (χ4n) is 1.18. The highest BCUT2D eigenvalue weighted by Crippen LogP contribution is 2.13. The molecule has 0 saturated carbocycles. The Morgan fingerprint density at radius 3 is 2.65 bits per heavy atom. The number of rotatable bonds is 2. The molecule has 0 unspecified atom stereocenters.